The van der Waals surface area contributed by atoms with Crippen molar-refractivity contribution in [1.82, 2.24) is 14.9 Å². The third-order valence-corrected chi connectivity index (χ3v) is 3.88. The van der Waals surface area contributed by atoms with Crippen molar-refractivity contribution in [1.29, 1.82) is 0 Å². The Morgan fingerprint density at radius 1 is 1.21 bits per heavy atom. The molecule has 0 aliphatic carbocycles. The summed E-state index contributed by atoms with van der Waals surface area (Å²) in [7, 11) is 0. The largest absolute Gasteiger partial charge is 0.459 e. The molecule has 1 N–H and O–H groups in total. The van der Waals surface area contributed by atoms with Crippen LogP contribution in [0.1, 0.15) is 18.6 Å². The van der Waals surface area contributed by atoms with E-state index in [0.29, 0.717) is 18.0 Å². The van der Waals surface area contributed by atoms with E-state index in [1.807, 2.05) is 47.2 Å². The number of rotatable bonds is 7. The summed E-state index contributed by atoms with van der Waals surface area (Å²) in [5, 5.41) is 3.56. The number of amides is 1. The van der Waals surface area contributed by atoms with E-state index >= 15 is 0 Å². The maximum atomic E-state index is 11.9. The van der Waals surface area contributed by atoms with Gasteiger partial charge in [0, 0.05) is 35.9 Å². The fourth-order valence-electron chi connectivity index (χ4n) is 2.36. The quantitative estimate of drug-likeness (QED) is 0.708. The van der Waals surface area contributed by atoms with E-state index < -0.39 is 0 Å². The number of imidazole rings is 1. The van der Waals surface area contributed by atoms with Crippen LogP contribution in [0.2, 0.25) is 5.02 Å². The van der Waals surface area contributed by atoms with Crippen LogP contribution in [-0.4, -0.2) is 15.5 Å². The molecule has 1 aromatic carbocycles. The van der Waals surface area contributed by atoms with Crippen molar-refractivity contribution < 1.29 is 9.21 Å². The zero-order valence-electron chi connectivity index (χ0n) is 13.1. The lowest BCUT2D eigenvalue weighted by Gasteiger charge is -2.04. The number of carbonyl (C=O) groups excluding carboxylic acids is 1. The number of aromatic nitrogens is 2. The molecule has 1 amide bonds. The Balaban J connectivity index is 1.44. The van der Waals surface area contributed by atoms with Crippen LogP contribution >= 0.6 is 11.6 Å². The number of hydrogen-bond acceptors (Lipinski definition) is 3. The highest BCUT2D eigenvalue weighted by atomic mass is 35.5. The second kappa shape index (κ2) is 7.84. The molecule has 2 heterocycles. The number of aryl methyl sites for hydroxylation is 1. The van der Waals surface area contributed by atoms with Gasteiger partial charge in [-0.25, -0.2) is 4.98 Å². The molecule has 5 nitrogen and oxygen atoms in total. The average molecular weight is 344 g/mol. The Labute approximate surface area is 145 Å². The first-order chi connectivity index (χ1) is 11.7. The van der Waals surface area contributed by atoms with E-state index in [1.54, 1.807) is 12.5 Å². The lowest BCUT2D eigenvalue weighted by Crippen LogP contribution is -2.22. The molecule has 0 spiro atoms. The summed E-state index contributed by atoms with van der Waals surface area (Å²) in [6.07, 6.45) is 6.62. The van der Waals surface area contributed by atoms with Crippen molar-refractivity contribution in [3.05, 3.63) is 65.9 Å². The van der Waals surface area contributed by atoms with Gasteiger partial charge in [0.25, 0.3) is 0 Å². The lowest BCUT2D eigenvalue weighted by atomic mass is 10.2. The van der Waals surface area contributed by atoms with Crippen LogP contribution < -0.4 is 5.32 Å². The third kappa shape index (κ3) is 4.49. The summed E-state index contributed by atoms with van der Waals surface area (Å²) in [5.41, 5.74) is 0.956. The maximum absolute atomic E-state index is 11.9. The Hall–Kier alpha value is -2.53. The van der Waals surface area contributed by atoms with E-state index in [2.05, 4.69) is 10.3 Å². The monoisotopic (exact) mass is 343 g/mol. The van der Waals surface area contributed by atoms with Gasteiger partial charge in [0.15, 0.2) is 0 Å². The number of nitrogens with zero attached hydrogens (tertiary/aromatic N) is 2. The molecule has 0 saturated carbocycles. The van der Waals surface area contributed by atoms with Crippen molar-refractivity contribution in [2.45, 2.75) is 25.9 Å². The summed E-state index contributed by atoms with van der Waals surface area (Å²) in [6, 6.07) is 11.2. The first-order valence-electron chi connectivity index (χ1n) is 7.78. The number of furan rings is 1. The van der Waals surface area contributed by atoms with Gasteiger partial charge in [-0.2, -0.15) is 0 Å². The fraction of sp³-hybridized carbons (Fsp3) is 0.222. The van der Waals surface area contributed by atoms with Crippen LogP contribution in [0.5, 0.6) is 0 Å². The molecule has 0 aliphatic rings. The molecule has 0 unspecified atom stereocenters. The van der Waals surface area contributed by atoms with Gasteiger partial charge in [0.1, 0.15) is 11.5 Å². The smallest absolute Gasteiger partial charge is 0.220 e. The molecule has 0 saturated heterocycles. The van der Waals surface area contributed by atoms with E-state index in [-0.39, 0.29) is 5.91 Å². The van der Waals surface area contributed by atoms with Crippen molar-refractivity contribution in [3.8, 4) is 11.3 Å². The minimum absolute atomic E-state index is 0.0135. The van der Waals surface area contributed by atoms with Crippen LogP contribution in [0.25, 0.3) is 11.3 Å². The second-order valence-electron chi connectivity index (χ2n) is 5.45. The highest BCUT2D eigenvalue weighted by molar-refractivity contribution is 6.30. The van der Waals surface area contributed by atoms with Crippen molar-refractivity contribution in [3.63, 3.8) is 0 Å². The van der Waals surface area contributed by atoms with Crippen LogP contribution in [0.4, 0.5) is 0 Å². The predicted octanol–water partition coefficient (Wildman–Crippen LogP) is 3.89. The van der Waals surface area contributed by atoms with Gasteiger partial charge in [0.05, 0.1) is 12.9 Å². The first kappa shape index (κ1) is 16.3. The minimum atomic E-state index is 0.0135. The molecule has 2 aromatic heterocycles. The SMILES string of the molecule is O=C(CCCn1ccnc1)NCc1ccc(-c2ccc(Cl)cc2)o1. The molecule has 124 valence electrons. The zero-order valence-corrected chi connectivity index (χ0v) is 13.9. The first-order valence-corrected chi connectivity index (χ1v) is 8.15. The molecule has 3 rings (SSSR count). The second-order valence-corrected chi connectivity index (χ2v) is 5.89. The molecule has 6 heteroatoms. The van der Waals surface area contributed by atoms with Crippen LogP contribution in [0.3, 0.4) is 0 Å². The molecular weight excluding hydrogens is 326 g/mol. The average Bonchev–Trinajstić information content (AvgIpc) is 3.25. The highest BCUT2D eigenvalue weighted by Crippen LogP contribution is 2.23. The topological polar surface area (TPSA) is 60.1 Å². The van der Waals surface area contributed by atoms with Crippen LogP contribution in [0.15, 0.2) is 59.5 Å². The fourth-order valence-corrected chi connectivity index (χ4v) is 2.48. The van der Waals surface area contributed by atoms with Crippen molar-refractivity contribution >= 4 is 17.5 Å². The van der Waals surface area contributed by atoms with Gasteiger partial charge in [-0.15, -0.1) is 0 Å². The summed E-state index contributed by atoms with van der Waals surface area (Å²) in [4.78, 5) is 15.8. The molecule has 3 aromatic rings. The number of nitrogens with one attached hydrogen (secondary N) is 1. The van der Waals surface area contributed by atoms with Gasteiger partial charge in [-0.3, -0.25) is 4.79 Å². The van der Waals surface area contributed by atoms with Crippen LogP contribution in [-0.2, 0) is 17.9 Å². The summed E-state index contributed by atoms with van der Waals surface area (Å²) >= 11 is 5.88. The Morgan fingerprint density at radius 2 is 2.04 bits per heavy atom. The number of carbonyl (C=O) groups is 1. The summed E-state index contributed by atoms with van der Waals surface area (Å²) in [6.45, 7) is 1.17. The maximum Gasteiger partial charge on any atom is 0.220 e. The summed E-state index contributed by atoms with van der Waals surface area (Å²) in [5.74, 6) is 1.50. The molecule has 0 bridgehead atoms. The van der Waals surface area contributed by atoms with Gasteiger partial charge >= 0.3 is 0 Å². The number of halogens is 1. The lowest BCUT2D eigenvalue weighted by molar-refractivity contribution is -0.121. The van der Waals surface area contributed by atoms with Gasteiger partial charge in [-0.05, 0) is 42.8 Å². The Bertz CT molecular complexity index is 779. The van der Waals surface area contributed by atoms with E-state index in [4.69, 9.17) is 16.0 Å². The van der Waals surface area contributed by atoms with Gasteiger partial charge in [0.2, 0.25) is 5.91 Å². The van der Waals surface area contributed by atoms with E-state index in [0.717, 1.165) is 30.0 Å². The molecule has 0 fully saturated rings. The number of benzene rings is 1. The Kier molecular flexibility index (Phi) is 5.33. The van der Waals surface area contributed by atoms with E-state index in [1.165, 1.54) is 0 Å². The molecule has 0 radical (unpaired) electrons. The van der Waals surface area contributed by atoms with Gasteiger partial charge in [-0.1, -0.05) is 11.6 Å². The predicted molar refractivity (Wildman–Crippen MR) is 92.5 cm³/mol. The molecule has 24 heavy (non-hydrogen) atoms. The number of hydrogen-bond donors (Lipinski definition) is 1. The normalized spacial score (nSPS) is 10.7. The van der Waals surface area contributed by atoms with Gasteiger partial charge < -0.3 is 14.3 Å². The van der Waals surface area contributed by atoms with Crippen LogP contribution in [0, 0.1) is 0 Å². The summed E-state index contributed by atoms with van der Waals surface area (Å²) < 4.78 is 7.71. The third-order valence-electron chi connectivity index (χ3n) is 3.63. The Morgan fingerprint density at radius 3 is 2.79 bits per heavy atom. The van der Waals surface area contributed by atoms with Crippen molar-refractivity contribution in [2.24, 2.45) is 0 Å². The minimum Gasteiger partial charge on any atom is -0.459 e. The highest BCUT2D eigenvalue weighted by Gasteiger charge is 2.07. The van der Waals surface area contributed by atoms with Crippen molar-refractivity contribution in [2.75, 3.05) is 0 Å². The molecule has 0 aliphatic heterocycles. The molecule has 0 atom stereocenters. The zero-order chi connectivity index (χ0) is 16.8. The van der Waals surface area contributed by atoms with E-state index in [9.17, 15) is 4.79 Å². The molecular formula is C18H18ClN3O2. The standard InChI is InChI=1S/C18H18ClN3O2/c19-15-5-3-14(4-6-15)17-8-7-16(24-17)12-21-18(23)2-1-10-22-11-9-20-13-22/h3-9,11,13H,1-2,10,12H2,(H,21,23).